The van der Waals surface area contributed by atoms with Crippen LogP contribution < -0.4 is 10.1 Å². The van der Waals surface area contributed by atoms with Crippen molar-refractivity contribution >= 4 is 24.0 Å². The molecule has 88 valence electrons. The van der Waals surface area contributed by atoms with Gasteiger partial charge in [-0.2, -0.15) is 0 Å². The summed E-state index contributed by atoms with van der Waals surface area (Å²) < 4.78 is 5.75. The standard InChI is InChI=1S/C12H14ClNO.ClH/c13-9-1-2-12-10(5-9)11-7-14-6-8(11)3-4-15-12;/h1-2,5,8,11,14H,3-4,6-7H2;1H/t8-,11-;/m0./s1. The van der Waals surface area contributed by atoms with E-state index >= 15 is 0 Å². The third kappa shape index (κ3) is 2.02. The van der Waals surface area contributed by atoms with Gasteiger partial charge >= 0.3 is 0 Å². The van der Waals surface area contributed by atoms with Crippen LogP contribution in [-0.2, 0) is 0 Å². The lowest BCUT2D eigenvalue weighted by molar-refractivity contribution is 0.296. The highest BCUT2D eigenvalue weighted by molar-refractivity contribution is 6.30. The molecule has 0 bridgehead atoms. The second-order valence-electron chi connectivity index (χ2n) is 4.34. The first kappa shape index (κ1) is 12.0. The Balaban J connectivity index is 0.000000963. The van der Waals surface area contributed by atoms with Crippen molar-refractivity contribution in [3.05, 3.63) is 28.8 Å². The molecule has 0 aromatic heterocycles. The third-order valence-corrected chi connectivity index (χ3v) is 3.69. The van der Waals surface area contributed by atoms with E-state index in [4.69, 9.17) is 16.3 Å². The number of ether oxygens (including phenoxy) is 1. The van der Waals surface area contributed by atoms with E-state index in [-0.39, 0.29) is 12.4 Å². The summed E-state index contributed by atoms with van der Waals surface area (Å²) in [5, 5.41) is 4.26. The summed E-state index contributed by atoms with van der Waals surface area (Å²) in [4.78, 5) is 0. The second kappa shape index (κ2) is 4.82. The molecule has 2 aliphatic rings. The van der Waals surface area contributed by atoms with Gasteiger partial charge in [-0.3, -0.25) is 0 Å². The number of hydrogen-bond donors (Lipinski definition) is 1. The van der Waals surface area contributed by atoms with Crippen LogP contribution in [0.3, 0.4) is 0 Å². The van der Waals surface area contributed by atoms with Gasteiger partial charge in [0.2, 0.25) is 0 Å². The average Bonchev–Trinajstić information content (AvgIpc) is 2.62. The molecule has 0 amide bonds. The predicted molar refractivity (Wildman–Crippen MR) is 67.9 cm³/mol. The Morgan fingerprint density at radius 3 is 3.06 bits per heavy atom. The smallest absolute Gasteiger partial charge is 0.122 e. The fourth-order valence-corrected chi connectivity index (χ4v) is 2.84. The molecule has 0 aliphatic carbocycles. The van der Waals surface area contributed by atoms with Gasteiger partial charge in [-0.15, -0.1) is 12.4 Å². The van der Waals surface area contributed by atoms with Crippen molar-refractivity contribution in [3.8, 4) is 5.75 Å². The highest BCUT2D eigenvalue weighted by Crippen LogP contribution is 2.39. The highest BCUT2D eigenvalue weighted by atomic mass is 35.5. The van der Waals surface area contributed by atoms with Gasteiger partial charge in [-0.1, -0.05) is 11.6 Å². The summed E-state index contributed by atoms with van der Waals surface area (Å²) >= 11 is 6.04. The van der Waals surface area contributed by atoms with Crippen molar-refractivity contribution in [1.82, 2.24) is 5.32 Å². The fraction of sp³-hybridized carbons (Fsp3) is 0.500. The zero-order valence-corrected chi connectivity index (χ0v) is 10.5. The lowest BCUT2D eigenvalue weighted by Crippen LogP contribution is -2.11. The minimum Gasteiger partial charge on any atom is -0.493 e. The number of rotatable bonds is 0. The van der Waals surface area contributed by atoms with Crippen molar-refractivity contribution in [2.24, 2.45) is 5.92 Å². The molecule has 2 nitrogen and oxygen atoms in total. The molecule has 4 heteroatoms. The van der Waals surface area contributed by atoms with E-state index in [0.717, 1.165) is 36.9 Å². The largest absolute Gasteiger partial charge is 0.493 e. The second-order valence-corrected chi connectivity index (χ2v) is 4.78. The normalized spacial score (nSPS) is 27.1. The van der Waals surface area contributed by atoms with E-state index in [0.29, 0.717) is 11.8 Å². The number of hydrogen-bond acceptors (Lipinski definition) is 2. The van der Waals surface area contributed by atoms with Crippen molar-refractivity contribution in [2.45, 2.75) is 12.3 Å². The number of halogens is 2. The molecule has 1 N–H and O–H groups in total. The molecule has 2 atom stereocenters. The van der Waals surface area contributed by atoms with E-state index < -0.39 is 0 Å². The van der Waals surface area contributed by atoms with Gasteiger partial charge in [0.15, 0.2) is 0 Å². The van der Waals surface area contributed by atoms with E-state index in [1.165, 1.54) is 5.56 Å². The fourth-order valence-electron chi connectivity index (χ4n) is 2.66. The van der Waals surface area contributed by atoms with Crippen LogP contribution >= 0.6 is 24.0 Å². The van der Waals surface area contributed by atoms with E-state index in [1.807, 2.05) is 12.1 Å². The lowest BCUT2D eigenvalue weighted by atomic mass is 9.87. The Morgan fingerprint density at radius 2 is 2.19 bits per heavy atom. The van der Waals surface area contributed by atoms with Crippen molar-refractivity contribution in [3.63, 3.8) is 0 Å². The molecule has 1 aromatic rings. The molecule has 1 saturated heterocycles. The average molecular weight is 260 g/mol. The summed E-state index contributed by atoms with van der Waals surface area (Å²) in [6, 6.07) is 5.97. The van der Waals surface area contributed by atoms with E-state index in [1.54, 1.807) is 0 Å². The maximum Gasteiger partial charge on any atom is 0.122 e. The van der Waals surface area contributed by atoms with Crippen LogP contribution in [0.25, 0.3) is 0 Å². The van der Waals surface area contributed by atoms with E-state index in [9.17, 15) is 0 Å². The Labute approximate surface area is 107 Å². The molecule has 2 heterocycles. The molecule has 1 aromatic carbocycles. The molecule has 16 heavy (non-hydrogen) atoms. The van der Waals surface area contributed by atoms with Crippen LogP contribution in [0.1, 0.15) is 17.9 Å². The lowest BCUT2D eigenvalue weighted by Gasteiger charge is -2.15. The summed E-state index contributed by atoms with van der Waals surface area (Å²) in [6.07, 6.45) is 1.14. The van der Waals surface area contributed by atoms with E-state index in [2.05, 4.69) is 11.4 Å². The monoisotopic (exact) mass is 259 g/mol. The molecular weight excluding hydrogens is 245 g/mol. The van der Waals surface area contributed by atoms with Crippen LogP contribution in [0.15, 0.2) is 18.2 Å². The van der Waals surface area contributed by atoms with Crippen LogP contribution in [0.4, 0.5) is 0 Å². The van der Waals surface area contributed by atoms with Crippen LogP contribution in [0.2, 0.25) is 5.02 Å². The van der Waals surface area contributed by atoms with Gasteiger partial charge < -0.3 is 10.1 Å². The first-order valence-electron chi connectivity index (χ1n) is 5.47. The first-order valence-corrected chi connectivity index (χ1v) is 5.85. The van der Waals surface area contributed by atoms with Crippen LogP contribution in [-0.4, -0.2) is 19.7 Å². The first-order chi connectivity index (χ1) is 7.34. The van der Waals surface area contributed by atoms with Crippen molar-refractivity contribution in [2.75, 3.05) is 19.7 Å². The van der Waals surface area contributed by atoms with Gasteiger partial charge in [-0.25, -0.2) is 0 Å². The predicted octanol–water partition coefficient (Wildman–Crippen LogP) is 2.85. The van der Waals surface area contributed by atoms with Crippen molar-refractivity contribution in [1.29, 1.82) is 0 Å². The van der Waals surface area contributed by atoms with Gasteiger partial charge in [0, 0.05) is 23.0 Å². The zero-order chi connectivity index (χ0) is 10.3. The Bertz CT molecular complexity index is 383. The Morgan fingerprint density at radius 1 is 1.31 bits per heavy atom. The summed E-state index contributed by atoms with van der Waals surface area (Å²) in [6.45, 7) is 3.00. The minimum atomic E-state index is 0. The maximum absolute atomic E-state index is 6.04. The topological polar surface area (TPSA) is 21.3 Å². The van der Waals surface area contributed by atoms with Crippen molar-refractivity contribution < 1.29 is 4.74 Å². The summed E-state index contributed by atoms with van der Waals surface area (Å²) in [7, 11) is 0. The van der Waals surface area contributed by atoms with Gasteiger partial charge in [0.1, 0.15) is 5.75 Å². The highest BCUT2D eigenvalue weighted by Gasteiger charge is 2.32. The molecule has 0 unspecified atom stereocenters. The van der Waals surface area contributed by atoms with Gasteiger partial charge in [0.05, 0.1) is 6.61 Å². The maximum atomic E-state index is 6.04. The molecule has 3 rings (SSSR count). The molecule has 2 aliphatic heterocycles. The van der Waals surface area contributed by atoms with Gasteiger partial charge in [-0.05, 0) is 37.1 Å². The molecule has 0 radical (unpaired) electrons. The number of fused-ring (bicyclic) bond motifs is 3. The molecule has 0 spiro atoms. The van der Waals surface area contributed by atoms with Gasteiger partial charge in [0.25, 0.3) is 0 Å². The van der Waals surface area contributed by atoms with Crippen LogP contribution in [0.5, 0.6) is 5.75 Å². The quantitative estimate of drug-likeness (QED) is 0.774. The molecule has 0 saturated carbocycles. The minimum absolute atomic E-state index is 0. The molecule has 1 fully saturated rings. The third-order valence-electron chi connectivity index (χ3n) is 3.46. The Kier molecular flexibility index (Phi) is 3.63. The summed E-state index contributed by atoms with van der Waals surface area (Å²) in [5.74, 6) is 2.32. The number of benzene rings is 1. The number of nitrogens with one attached hydrogen (secondary N) is 1. The zero-order valence-electron chi connectivity index (χ0n) is 8.91. The Hall–Kier alpha value is -0.440. The van der Waals surface area contributed by atoms with Crippen LogP contribution in [0, 0.1) is 5.92 Å². The SMILES string of the molecule is Cl.Clc1ccc2c(c1)[C@H]1CNC[C@@H]1CCO2. The summed E-state index contributed by atoms with van der Waals surface area (Å²) in [5.41, 5.74) is 1.29. The molecular formula is C12H15Cl2NO.